The number of carbonyl (C=O) groups excluding carboxylic acids is 1. The predicted molar refractivity (Wildman–Crippen MR) is 68.1 cm³/mol. The second-order valence-electron chi connectivity index (χ2n) is 4.33. The molecule has 0 bridgehead atoms. The Balaban J connectivity index is 4.17. The van der Waals surface area contributed by atoms with Crippen molar-refractivity contribution in [2.45, 2.75) is 45.8 Å². The molecule has 106 valence electrons. The highest BCUT2D eigenvalue weighted by Crippen LogP contribution is 2.05. The first-order valence-electron chi connectivity index (χ1n) is 6.28. The van der Waals surface area contributed by atoms with Crippen LogP contribution in [0, 0.1) is 5.92 Å². The monoisotopic (exact) mass is 260 g/mol. The third kappa shape index (κ3) is 6.56. The lowest BCUT2D eigenvalue weighted by Gasteiger charge is -2.20. The summed E-state index contributed by atoms with van der Waals surface area (Å²) in [5.41, 5.74) is 5.76. The number of ether oxygens (including phenoxy) is 1. The molecule has 0 aliphatic rings. The summed E-state index contributed by atoms with van der Waals surface area (Å²) in [5.74, 6) is -1.12. The molecule has 0 aromatic heterocycles. The minimum absolute atomic E-state index is 0.0926. The van der Waals surface area contributed by atoms with E-state index in [-0.39, 0.29) is 24.8 Å². The quantitative estimate of drug-likeness (QED) is 0.555. The zero-order chi connectivity index (χ0) is 14.1. The van der Waals surface area contributed by atoms with E-state index < -0.39 is 18.1 Å². The van der Waals surface area contributed by atoms with Gasteiger partial charge in [0.15, 0.2) is 0 Å². The van der Waals surface area contributed by atoms with Gasteiger partial charge in [0.2, 0.25) is 5.91 Å². The van der Waals surface area contributed by atoms with Crippen LogP contribution in [0.15, 0.2) is 0 Å². The van der Waals surface area contributed by atoms with E-state index in [1.54, 1.807) is 6.92 Å². The number of carbonyl (C=O) groups is 2. The number of hydrogen-bond donors (Lipinski definition) is 3. The fourth-order valence-electron chi connectivity index (χ4n) is 1.47. The van der Waals surface area contributed by atoms with Gasteiger partial charge in [0.1, 0.15) is 0 Å². The zero-order valence-corrected chi connectivity index (χ0v) is 11.3. The van der Waals surface area contributed by atoms with Crippen molar-refractivity contribution in [1.29, 1.82) is 0 Å². The molecular formula is C12H24N2O4. The summed E-state index contributed by atoms with van der Waals surface area (Å²) in [5, 5.41) is 11.3. The highest BCUT2D eigenvalue weighted by atomic mass is 16.5. The molecule has 0 heterocycles. The van der Waals surface area contributed by atoms with Crippen molar-refractivity contribution in [1.82, 2.24) is 5.32 Å². The van der Waals surface area contributed by atoms with Gasteiger partial charge in [-0.25, -0.2) is 0 Å². The number of hydrogen-bond acceptors (Lipinski definition) is 4. The molecule has 0 rings (SSSR count). The number of aliphatic carboxylic acids is 1. The van der Waals surface area contributed by atoms with Gasteiger partial charge in [-0.2, -0.15) is 0 Å². The third-order valence-corrected chi connectivity index (χ3v) is 2.87. The van der Waals surface area contributed by atoms with E-state index in [2.05, 4.69) is 5.32 Å². The minimum atomic E-state index is -0.950. The first-order valence-corrected chi connectivity index (χ1v) is 6.28. The Labute approximate surface area is 108 Å². The van der Waals surface area contributed by atoms with Crippen LogP contribution in [0.3, 0.4) is 0 Å². The van der Waals surface area contributed by atoms with Crippen molar-refractivity contribution >= 4 is 11.9 Å². The summed E-state index contributed by atoms with van der Waals surface area (Å²) >= 11 is 0. The summed E-state index contributed by atoms with van der Waals surface area (Å²) in [7, 11) is 0. The van der Waals surface area contributed by atoms with Crippen molar-refractivity contribution in [2.75, 3.05) is 13.2 Å². The van der Waals surface area contributed by atoms with Crippen molar-refractivity contribution in [3.63, 3.8) is 0 Å². The van der Waals surface area contributed by atoms with Gasteiger partial charge in [-0.1, -0.05) is 20.3 Å². The molecule has 18 heavy (non-hydrogen) atoms. The molecule has 0 spiro atoms. The van der Waals surface area contributed by atoms with Crippen LogP contribution >= 0.6 is 0 Å². The Bertz CT molecular complexity index is 271. The summed E-state index contributed by atoms with van der Waals surface area (Å²) < 4.78 is 5.23. The normalized spacial score (nSPS) is 15.8. The summed E-state index contributed by atoms with van der Waals surface area (Å²) in [6, 6.07) is -0.567. The van der Waals surface area contributed by atoms with E-state index in [0.717, 1.165) is 6.42 Å². The Morgan fingerprint density at radius 3 is 2.44 bits per heavy atom. The summed E-state index contributed by atoms with van der Waals surface area (Å²) in [4.78, 5) is 22.3. The van der Waals surface area contributed by atoms with E-state index in [0.29, 0.717) is 6.61 Å². The number of nitrogens with one attached hydrogen (secondary N) is 1. The van der Waals surface area contributed by atoms with E-state index >= 15 is 0 Å². The molecule has 0 saturated carbocycles. The van der Waals surface area contributed by atoms with Crippen LogP contribution in [0.2, 0.25) is 0 Å². The van der Waals surface area contributed by atoms with E-state index in [1.807, 2.05) is 13.8 Å². The van der Waals surface area contributed by atoms with Gasteiger partial charge in [0.05, 0.1) is 18.6 Å². The number of carboxylic acid groups (broad SMARTS) is 1. The lowest BCUT2D eigenvalue weighted by molar-refractivity contribution is -0.140. The molecule has 6 nitrogen and oxygen atoms in total. The molecule has 0 aliphatic heterocycles. The maximum Gasteiger partial charge on any atom is 0.306 e. The molecular weight excluding hydrogens is 236 g/mol. The van der Waals surface area contributed by atoms with Crippen LogP contribution < -0.4 is 11.1 Å². The first kappa shape index (κ1) is 16.9. The summed E-state index contributed by atoms with van der Waals surface area (Å²) in [6.07, 6.45) is 0.172. The van der Waals surface area contributed by atoms with Crippen LogP contribution in [0.25, 0.3) is 0 Å². The van der Waals surface area contributed by atoms with Gasteiger partial charge in [-0.3, -0.25) is 9.59 Å². The van der Waals surface area contributed by atoms with Crippen LogP contribution in [0.5, 0.6) is 0 Å². The lowest BCUT2D eigenvalue weighted by Crippen LogP contribution is -2.47. The minimum Gasteiger partial charge on any atom is -0.481 e. The number of nitrogens with two attached hydrogens (primary N) is 1. The fraction of sp³-hybridized carbons (Fsp3) is 0.833. The van der Waals surface area contributed by atoms with Crippen molar-refractivity contribution in [3.05, 3.63) is 0 Å². The molecule has 0 radical (unpaired) electrons. The van der Waals surface area contributed by atoms with Crippen molar-refractivity contribution in [2.24, 2.45) is 11.7 Å². The van der Waals surface area contributed by atoms with E-state index in [1.165, 1.54) is 0 Å². The van der Waals surface area contributed by atoms with Crippen molar-refractivity contribution < 1.29 is 19.4 Å². The average Bonchev–Trinajstić information content (AvgIpc) is 2.33. The zero-order valence-electron chi connectivity index (χ0n) is 11.3. The SMILES string of the molecule is CCOC(CNC(=O)C(N)C(C)CC)CC(=O)O. The van der Waals surface area contributed by atoms with Gasteiger partial charge < -0.3 is 20.9 Å². The molecule has 0 aromatic carbocycles. The smallest absolute Gasteiger partial charge is 0.306 e. The Morgan fingerprint density at radius 2 is 2.00 bits per heavy atom. The molecule has 6 heteroatoms. The molecule has 3 atom stereocenters. The van der Waals surface area contributed by atoms with Gasteiger partial charge in [-0.15, -0.1) is 0 Å². The molecule has 0 fully saturated rings. The molecule has 0 aromatic rings. The Morgan fingerprint density at radius 1 is 1.39 bits per heavy atom. The maximum atomic E-state index is 11.7. The van der Waals surface area contributed by atoms with Crippen LogP contribution in [-0.2, 0) is 14.3 Å². The number of amides is 1. The first-order chi connectivity index (χ1) is 8.42. The Kier molecular flexibility index (Phi) is 8.32. The van der Waals surface area contributed by atoms with Crippen molar-refractivity contribution in [3.8, 4) is 0 Å². The molecule has 4 N–H and O–H groups in total. The lowest BCUT2D eigenvalue weighted by atomic mass is 9.99. The molecule has 0 saturated heterocycles. The van der Waals surface area contributed by atoms with Gasteiger partial charge in [0, 0.05) is 13.2 Å². The Hall–Kier alpha value is -1.14. The molecule has 3 unspecified atom stereocenters. The van der Waals surface area contributed by atoms with Gasteiger partial charge >= 0.3 is 5.97 Å². The van der Waals surface area contributed by atoms with Gasteiger partial charge in [0.25, 0.3) is 0 Å². The third-order valence-electron chi connectivity index (χ3n) is 2.87. The number of carboxylic acids is 1. The second-order valence-corrected chi connectivity index (χ2v) is 4.33. The largest absolute Gasteiger partial charge is 0.481 e. The van der Waals surface area contributed by atoms with E-state index in [4.69, 9.17) is 15.6 Å². The number of rotatable bonds is 9. The topological polar surface area (TPSA) is 102 Å². The highest BCUT2D eigenvalue weighted by Gasteiger charge is 2.21. The molecule has 1 amide bonds. The highest BCUT2D eigenvalue weighted by molar-refractivity contribution is 5.81. The standard InChI is InChI=1S/C12H24N2O4/c1-4-8(3)11(13)12(17)14-7-9(18-5-2)6-10(15)16/h8-9,11H,4-7,13H2,1-3H3,(H,14,17)(H,15,16). The molecule has 0 aliphatic carbocycles. The summed E-state index contributed by atoms with van der Waals surface area (Å²) in [6.45, 7) is 6.22. The van der Waals surface area contributed by atoms with Crippen LogP contribution in [-0.4, -0.2) is 42.3 Å². The van der Waals surface area contributed by atoms with E-state index in [9.17, 15) is 9.59 Å². The predicted octanol–water partition coefficient (Wildman–Crippen LogP) is 0.356. The second kappa shape index (κ2) is 8.88. The average molecular weight is 260 g/mol. The van der Waals surface area contributed by atoms with Gasteiger partial charge in [-0.05, 0) is 12.8 Å². The maximum absolute atomic E-state index is 11.7. The van der Waals surface area contributed by atoms with Crippen LogP contribution in [0.1, 0.15) is 33.6 Å². The fourth-order valence-corrected chi connectivity index (χ4v) is 1.47. The van der Waals surface area contributed by atoms with Crippen LogP contribution in [0.4, 0.5) is 0 Å².